The quantitative estimate of drug-likeness (QED) is 0.812. The molecule has 0 spiro atoms. The van der Waals surface area contributed by atoms with Crippen LogP contribution in [-0.2, 0) is 0 Å². The summed E-state index contributed by atoms with van der Waals surface area (Å²) >= 11 is 0. The lowest BCUT2D eigenvalue weighted by Crippen LogP contribution is -2.17. The Balaban J connectivity index is 1.75. The minimum Gasteiger partial charge on any atom is -0.369 e. The molecule has 3 rings (SSSR count). The lowest BCUT2D eigenvalue weighted by atomic mass is 10.1. The molecule has 2 aliphatic rings. The van der Waals surface area contributed by atoms with Crippen LogP contribution in [0, 0.1) is 5.41 Å². The van der Waals surface area contributed by atoms with Gasteiger partial charge in [0.05, 0.1) is 0 Å². The molecule has 86 valence electrons. The number of hydrogen-bond donors (Lipinski definition) is 2. The van der Waals surface area contributed by atoms with Gasteiger partial charge in [-0.15, -0.1) is 0 Å². The third-order valence-corrected chi connectivity index (χ3v) is 3.52. The molecule has 0 unspecified atom stereocenters. The van der Waals surface area contributed by atoms with E-state index in [9.17, 15) is 4.79 Å². The molecule has 2 saturated carbocycles. The Morgan fingerprint density at radius 2 is 2.31 bits per heavy atom. The van der Waals surface area contributed by atoms with Crippen molar-refractivity contribution in [3.8, 4) is 0 Å². The van der Waals surface area contributed by atoms with E-state index in [0.29, 0.717) is 11.3 Å². The van der Waals surface area contributed by atoms with E-state index >= 15 is 0 Å². The molecule has 1 heterocycles. The fourth-order valence-electron chi connectivity index (χ4n) is 1.81. The van der Waals surface area contributed by atoms with E-state index in [1.165, 1.54) is 12.8 Å². The lowest BCUT2D eigenvalue weighted by molar-refractivity contribution is 0.608. The second-order valence-electron chi connectivity index (χ2n) is 5.45. The number of aromatic amines is 1. The normalized spacial score (nSPS) is 21.8. The van der Waals surface area contributed by atoms with E-state index in [4.69, 9.17) is 0 Å². The highest BCUT2D eigenvalue weighted by atomic mass is 16.1. The highest BCUT2D eigenvalue weighted by Crippen LogP contribution is 2.44. The van der Waals surface area contributed by atoms with Gasteiger partial charge in [-0.2, -0.15) is 0 Å². The van der Waals surface area contributed by atoms with Crippen LogP contribution >= 0.6 is 0 Å². The van der Waals surface area contributed by atoms with Crippen molar-refractivity contribution in [2.75, 3.05) is 11.9 Å². The van der Waals surface area contributed by atoms with Crippen molar-refractivity contribution in [3.05, 3.63) is 22.2 Å². The summed E-state index contributed by atoms with van der Waals surface area (Å²) < 4.78 is 0. The van der Waals surface area contributed by atoms with E-state index < -0.39 is 0 Å². The molecule has 2 fully saturated rings. The molecule has 16 heavy (non-hydrogen) atoms. The molecule has 4 heteroatoms. The zero-order chi connectivity index (χ0) is 11.2. The summed E-state index contributed by atoms with van der Waals surface area (Å²) in [5, 5.41) is 3.28. The lowest BCUT2D eigenvalue weighted by Gasteiger charge is -2.10. The van der Waals surface area contributed by atoms with Crippen molar-refractivity contribution in [2.24, 2.45) is 5.41 Å². The number of rotatable bonds is 4. The standard InChI is InChI=1S/C12H17N3O/c1-12(4-5-12)7-13-9-6-10(16)15-11(14-9)8-2-3-8/h6,8H,2-5,7H2,1H3,(H2,13,14,15,16). The van der Waals surface area contributed by atoms with Crippen molar-refractivity contribution in [1.82, 2.24) is 9.97 Å². The first-order chi connectivity index (χ1) is 7.65. The van der Waals surface area contributed by atoms with Crippen LogP contribution in [0.25, 0.3) is 0 Å². The molecular weight excluding hydrogens is 202 g/mol. The molecule has 2 aliphatic carbocycles. The van der Waals surface area contributed by atoms with Gasteiger partial charge in [0.1, 0.15) is 11.6 Å². The van der Waals surface area contributed by atoms with Gasteiger partial charge in [-0.05, 0) is 31.1 Å². The third-order valence-electron chi connectivity index (χ3n) is 3.52. The molecule has 0 bridgehead atoms. The van der Waals surface area contributed by atoms with Crippen LogP contribution < -0.4 is 10.9 Å². The minimum atomic E-state index is -0.0413. The van der Waals surface area contributed by atoms with Crippen LogP contribution in [0.4, 0.5) is 5.82 Å². The van der Waals surface area contributed by atoms with Crippen molar-refractivity contribution < 1.29 is 0 Å². The Bertz CT molecular complexity index is 458. The molecule has 0 aliphatic heterocycles. The Morgan fingerprint density at radius 3 is 2.94 bits per heavy atom. The van der Waals surface area contributed by atoms with Crippen molar-refractivity contribution in [3.63, 3.8) is 0 Å². The average molecular weight is 219 g/mol. The average Bonchev–Trinajstić information content (AvgIpc) is 3.10. The topological polar surface area (TPSA) is 57.8 Å². The monoisotopic (exact) mass is 219 g/mol. The van der Waals surface area contributed by atoms with Crippen LogP contribution in [0.2, 0.25) is 0 Å². The zero-order valence-electron chi connectivity index (χ0n) is 9.55. The molecule has 0 radical (unpaired) electrons. The van der Waals surface area contributed by atoms with Crippen LogP contribution in [-0.4, -0.2) is 16.5 Å². The summed E-state index contributed by atoms with van der Waals surface area (Å²) in [5.74, 6) is 2.08. The van der Waals surface area contributed by atoms with Gasteiger partial charge in [0.15, 0.2) is 0 Å². The predicted molar refractivity (Wildman–Crippen MR) is 62.7 cm³/mol. The number of nitrogens with one attached hydrogen (secondary N) is 2. The number of aromatic nitrogens is 2. The first kappa shape index (κ1) is 9.87. The number of hydrogen-bond acceptors (Lipinski definition) is 3. The molecule has 0 aromatic carbocycles. The number of anilines is 1. The first-order valence-corrected chi connectivity index (χ1v) is 6.00. The third kappa shape index (κ3) is 2.10. The molecule has 2 N–H and O–H groups in total. The van der Waals surface area contributed by atoms with Crippen LogP contribution in [0.5, 0.6) is 0 Å². The maximum atomic E-state index is 11.4. The number of nitrogens with zero attached hydrogens (tertiary/aromatic N) is 1. The molecule has 0 saturated heterocycles. The summed E-state index contributed by atoms with van der Waals surface area (Å²) in [6.45, 7) is 3.18. The van der Waals surface area contributed by atoms with Gasteiger partial charge in [-0.25, -0.2) is 4.98 Å². The molecule has 0 atom stereocenters. The first-order valence-electron chi connectivity index (χ1n) is 6.00. The van der Waals surface area contributed by atoms with E-state index in [1.807, 2.05) is 0 Å². The van der Waals surface area contributed by atoms with Crippen molar-refractivity contribution >= 4 is 5.82 Å². The highest BCUT2D eigenvalue weighted by molar-refractivity contribution is 5.34. The van der Waals surface area contributed by atoms with Crippen LogP contribution in [0.15, 0.2) is 10.9 Å². The maximum absolute atomic E-state index is 11.4. The summed E-state index contributed by atoms with van der Waals surface area (Å²) in [6, 6.07) is 1.55. The van der Waals surface area contributed by atoms with Gasteiger partial charge < -0.3 is 10.3 Å². The van der Waals surface area contributed by atoms with E-state index in [-0.39, 0.29) is 5.56 Å². The van der Waals surface area contributed by atoms with Gasteiger partial charge >= 0.3 is 0 Å². The minimum absolute atomic E-state index is 0.0413. The van der Waals surface area contributed by atoms with Gasteiger partial charge in [-0.3, -0.25) is 4.79 Å². The largest absolute Gasteiger partial charge is 0.369 e. The summed E-state index contributed by atoms with van der Waals surface area (Å²) in [6.07, 6.45) is 4.87. The van der Waals surface area contributed by atoms with Crippen LogP contribution in [0.3, 0.4) is 0 Å². The Morgan fingerprint density at radius 1 is 1.56 bits per heavy atom. The summed E-state index contributed by atoms with van der Waals surface area (Å²) in [5.41, 5.74) is 0.393. The SMILES string of the molecule is CC1(CNc2cc(=O)[nH]c(C3CC3)n2)CC1. The molecule has 4 nitrogen and oxygen atoms in total. The van der Waals surface area contributed by atoms with Gasteiger partial charge in [0, 0.05) is 18.5 Å². The zero-order valence-corrected chi connectivity index (χ0v) is 9.55. The van der Waals surface area contributed by atoms with Gasteiger partial charge in [0.25, 0.3) is 5.56 Å². The van der Waals surface area contributed by atoms with E-state index in [2.05, 4.69) is 22.2 Å². The second kappa shape index (κ2) is 3.34. The number of H-pyrrole nitrogens is 1. The van der Waals surface area contributed by atoms with Crippen molar-refractivity contribution in [1.29, 1.82) is 0 Å². The van der Waals surface area contributed by atoms with E-state index in [0.717, 1.165) is 31.0 Å². The molecule has 1 aromatic rings. The maximum Gasteiger partial charge on any atom is 0.252 e. The second-order valence-corrected chi connectivity index (χ2v) is 5.45. The Kier molecular flexibility index (Phi) is 2.06. The van der Waals surface area contributed by atoms with Gasteiger partial charge in [-0.1, -0.05) is 6.92 Å². The predicted octanol–water partition coefficient (Wildman–Crippen LogP) is 1.86. The molecule has 0 amide bonds. The fraction of sp³-hybridized carbons (Fsp3) is 0.667. The smallest absolute Gasteiger partial charge is 0.252 e. The van der Waals surface area contributed by atoms with Crippen LogP contribution in [0.1, 0.15) is 44.3 Å². The van der Waals surface area contributed by atoms with E-state index in [1.54, 1.807) is 6.07 Å². The fourth-order valence-corrected chi connectivity index (χ4v) is 1.81. The van der Waals surface area contributed by atoms with Crippen molar-refractivity contribution in [2.45, 2.75) is 38.5 Å². The molecule has 1 aromatic heterocycles. The Hall–Kier alpha value is -1.32. The summed E-state index contributed by atoms with van der Waals surface area (Å²) in [7, 11) is 0. The highest BCUT2D eigenvalue weighted by Gasteiger charge is 2.37. The summed E-state index contributed by atoms with van der Waals surface area (Å²) in [4.78, 5) is 18.7. The molecular formula is C12H17N3O. The Labute approximate surface area is 94.5 Å². The van der Waals surface area contributed by atoms with Gasteiger partial charge in [0.2, 0.25) is 0 Å².